The lowest BCUT2D eigenvalue weighted by molar-refractivity contribution is -0.130. The van der Waals surface area contributed by atoms with Gasteiger partial charge in [-0.3, -0.25) is 9.59 Å². The highest BCUT2D eigenvalue weighted by Crippen LogP contribution is 2.22. The van der Waals surface area contributed by atoms with Crippen molar-refractivity contribution in [3.63, 3.8) is 0 Å². The summed E-state index contributed by atoms with van der Waals surface area (Å²) in [5, 5.41) is 4.64. The summed E-state index contributed by atoms with van der Waals surface area (Å²) in [6.45, 7) is 2.99. The Morgan fingerprint density at radius 3 is 2.36 bits per heavy atom. The third-order valence-electron chi connectivity index (χ3n) is 3.68. The van der Waals surface area contributed by atoms with Crippen molar-refractivity contribution in [2.24, 2.45) is 0 Å². The fourth-order valence-corrected chi connectivity index (χ4v) is 2.99. The summed E-state index contributed by atoms with van der Waals surface area (Å²) in [4.78, 5) is 27.5. The second kappa shape index (κ2) is 9.08. The average molecular weight is 362 g/mol. The molecule has 0 atom stereocenters. The van der Waals surface area contributed by atoms with E-state index < -0.39 is 0 Å². The molecule has 0 spiro atoms. The number of ether oxygens (including phenoxy) is 2. The van der Waals surface area contributed by atoms with Crippen LogP contribution in [0.2, 0.25) is 0 Å². The van der Waals surface area contributed by atoms with Gasteiger partial charge in [-0.25, -0.2) is 0 Å². The van der Waals surface area contributed by atoms with E-state index in [2.05, 4.69) is 5.32 Å². The smallest absolute Gasteiger partial charge is 0.251 e. The van der Waals surface area contributed by atoms with E-state index in [-0.39, 0.29) is 18.4 Å². The van der Waals surface area contributed by atoms with E-state index in [1.807, 2.05) is 24.4 Å². The van der Waals surface area contributed by atoms with Gasteiger partial charge in [0.1, 0.15) is 11.5 Å². The number of carbonyl (C=O) groups is 2. The van der Waals surface area contributed by atoms with Crippen molar-refractivity contribution in [2.45, 2.75) is 13.5 Å². The molecule has 0 saturated carbocycles. The van der Waals surface area contributed by atoms with Gasteiger partial charge >= 0.3 is 0 Å². The molecule has 1 aromatic heterocycles. The molecule has 0 aliphatic rings. The van der Waals surface area contributed by atoms with Crippen LogP contribution in [0, 0.1) is 0 Å². The maximum Gasteiger partial charge on any atom is 0.251 e. The number of nitrogens with one attached hydrogen (secondary N) is 1. The van der Waals surface area contributed by atoms with E-state index in [0.717, 1.165) is 4.88 Å². The molecule has 7 heteroatoms. The summed E-state index contributed by atoms with van der Waals surface area (Å²) in [6, 6.07) is 8.83. The van der Waals surface area contributed by atoms with Crippen LogP contribution in [0.1, 0.15) is 22.2 Å². The second-order valence-electron chi connectivity index (χ2n) is 5.27. The van der Waals surface area contributed by atoms with Crippen molar-refractivity contribution in [1.82, 2.24) is 10.2 Å². The minimum absolute atomic E-state index is 0.0580. The molecule has 2 rings (SSSR count). The number of thiophene rings is 1. The average Bonchev–Trinajstić information content (AvgIpc) is 3.16. The molecule has 0 radical (unpaired) electrons. The maximum absolute atomic E-state index is 12.3. The van der Waals surface area contributed by atoms with Crippen molar-refractivity contribution in [3.05, 3.63) is 46.2 Å². The Morgan fingerprint density at radius 1 is 1.16 bits per heavy atom. The van der Waals surface area contributed by atoms with E-state index in [1.165, 1.54) is 14.2 Å². The zero-order valence-electron chi connectivity index (χ0n) is 14.6. The van der Waals surface area contributed by atoms with Crippen molar-refractivity contribution in [1.29, 1.82) is 0 Å². The monoisotopic (exact) mass is 362 g/mol. The van der Waals surface area contributed by atoms with Crippen LogP contribution in [0.15, 0.2) is 35.7 Å². The quantitative estimate of drug-likeness (QED) is 0.784. The van der Waals surface area contributed by atoms with Gasteiger partial charge in [-0.1, -0.05) is 6.07 Å². The summed E-state index contributed by atoms with van der Waals surface area (Å²) in [7, 11) is 3.04. The number of amides is 2. The number of benzene rings is 1. The van der Waals surface area contributed by atoms with Gasteiger partial charge in [0.05, 0.1) is 27.3 Å². The van der Waals surface area contributed by atoms with Gasteiger partial charge in [0.25, 0.3) is 5.91 Å². The Balaban J connectivity index is 1.97. The number of hydrogen-bond acceptors (Lipinski definition) is 5. The lowest BCUT2D eigenvalue weighted by Crippen LogP contribution is -2.39. The predicted octanol–water partition coefficient (Wildman–Crippen LogP) is 2.54. The highest BCUT2D eigenvalue weighted by molar-refractivity contribution is 7.09. The lowest BCUT2D eigenvalue weighted by atomic mass is 10.2. The molecular formula is C18H22N2O4S. The first-order valence-electron chi connectivity index (χ1n) is 7.88. The molecule has 134 valence electrons. The SMILES string of the molecule is CCN(Cc1cccs1)C(=O)CNC(=O)c1cc(OC)cc(OC)c1. The van der Waals surface area contributed by atoms with Crippen LogP contribution < -0.4 is 14.8 Å². The van der Waals surface area contributed by atoms with Gasteiger partial charge in [0, 0.05) is 23.1 Å². The van der Waals surface area contributed by atoms with Gasteiger partial charge in [-0.2, -0.15) is 0 Å². The fourth-order valence-electron chi connectivity index (χ4n) is 2.28. The molecule has 1 N–H and O–H groups in total. The molecule has 2 amide bonds. The molecule has 0 bridgehead atoms. The molecule has 1 heterocycles. The maximum atomic E-state index is 12.3. The molecule has 0 fully saturated rings. The molecule has 2 aromatic rings. The Labute approximate surface area is 151 Å². The standard InChI is InChI=1S/C18H22N2O4S/c1-4-20(12-16-6-5-7-25-16)17(21)11-19-18(22)13-8-14(23-2)10-15(9-13)24-3/h5-10H,4,11-12H2,1-3H3,(H,19,22). The summed E-state index contributed by atoms with van der Waals surface area (Å²) in [5.74, 6) is 0.559. The molecule has 0 saturated heterocycles. The van der Waals surface area contributed by atoms with Crippen molar-refractivity contribution in [2.75, 3.05) is 27.3 Å². The van der Waals surface area contributed by atoms with E-state index in [0.29, 0.717) is 30.2 Å². The second-order valence-corrected chi connectivity index (χ2v) is 6.30. The minimum Gasteiger partial charge on any atom is -0.497 e. The van der Waals surface area contributed by atoms with E-state index in [1.54, 1.807) is 34.4 Å². The van der Waals surface area contributed by atoms with Crippen molar-refractivity contribution in [3.8, 4) is 11.5 Å². The van der Waals surface area contributed by atoms with Crippen LogP contribution in [0.25, 0.3) is 0 Å². The van der Waals surface area contributed by atoms with Crippen LogP contribution in [-0.2, 0) is 11.3 Å². The number of nitrogens with zero attached hydrogens (tertiary/aromatic N) is 1. The Bertz CT molecular complexity index is 694. The zero-order chi connectivity index (χ0) is 18.2. The molecular weight excluding hydrogens is 340 g/mol. The predicted molar refractivity (Wildman–Crippen MR) is 97.3 cm³/mol. The molecule has 6 nitrogen and oxygen atoms in total. The highest BCUT2D eigenvalue weighted by atomic mass is 32.1. The van der Waals surface area contributed by atoms with Crippen LogP contribution in [0.5, 0.6) is 11.5 Å². The Kier molecular flexibility index (Phi) is 6.82. The summed E-state index contributed by atoms with van der Waals surface area (Å²) < 4.78 is 10.3. The van der Waals surface area contributed by atoms with Crippen LogP contribution in [-0.4, -0.2) is 44.0 Å². The Morgan fingerprint density at radius 2 is 1.84 bits per heavy atom. The van der Waals surface area contributed by atoms with Gasteiger partial charge in [0.2, 0.25) is 5.91 Å². The zero-order valence-corrected chi connectivity index (χ0v) is 15.4. The number of methoxy groups -OCH3 is 2. The van der Waals surface area contributed by atoms with Gasteiger partial charge in [0.15, 0.2) is 0 Å². The molecule has 0 aliphatic heterocycles. The van der Waals surface area contributed by atoms with Crippen molar-refractivity contribution >= 4 is 23.2 Å². The lowest BCUT2D eigenvalue weighted by Gasteiger charge is -2.20. The van der Waals surface area contributed by atoms with Crippen LogP contribution in [0.4, 0.5) is 0 Å². The first kappa shape index (κ1) is 18.8. The third-order valence-corrected chi connectivity index (χ3v) is 4.54. The fraction of sp³-hybridized carbons (Fsp3) is 0.333. The molecule has 0 aliphatic carbocycles. The molecule has 1 aromatic carbocycles. The van der Waals surface area contributed by atoms with E-state index in [4.69, 9.17) is 9.47 Å². The summed E-state index contributed by atoms with van der Waals surface area (Å²) >= 11 is 1.60. The summed E-state index contributed by atoms with van der Waals surface area (Å²) in [6.07, 6.45) is 0. The van der Waals surface area contributed by atoms with Gasteiger partial charge in [-0.15, -0.1) is 11.3 Å². The Hall–Kier alpha value is -2.54. The van der Waals surface area contributed by atoms with Crippen molar-refractivity contribution < 1.29 is 19.1 Å². The largest absolute Gasteiger partial charge is 0.497 e. The van der Waals surface area contributed by atoms with E-state index in [9.17, 15) is 9.59 Å². The number of likely N-dealkylation sites (N-methyl/N-ethyl adjacent to an activating group) is 1. The first-order valence-corrected chi connectivity index (χ1v) is 8.76. The number of hydrogen-bond donors (Lipinski definition) is 1. The minimum atomic E-state index is -0.349. The normalized spacial score (nSPS) is 10.2. The van der Waals surface area contributed by atoms with E-state index >= 15 is 0 Å². The summed E-state index contributed by atoms with van der Waals surface area (Å²) in [5.41, 5.74) is 0.380. The highest BCUT2D eigenvalue weighted by Gasteiger charge is 2.15. The van der Waals surface area contributed by atoms with Crippen LogP contribution >= 0.6 is 11.3 Å². The number of rotatable bonds is 8. The van der Waals surface area contributed by atoms with Gasteiger partial charge < -0.3 is 19.7 Å². The van der Waals surface area contributed by atoms with Gasteiger partial charge in [-0.05, 0) is 30.5 Å². The molecule has 0 unspecified atom stereocenters. The van der Waals surface area contributed by atoms with Crippen LogP contribution in [0.3, 0.4) is 0 Å². The first-order chi connectivity index (χ1) is 12.1. The third kappa shape index (κ3) is 5.22. The topological polar surface area (TPSA) is 67.9 Å². The molecule has 25 heavy (non-hydrogen) atoms. The number of carbonyl (C=O) groups excluding carboxylic acids is 2.